The molecule has 0 atom stereocenters. The van der Waals surface area contributed by atoms with Crippen LogP contribution in [0.15, 0.2) is 47.2 Å². The second-order valence-corrected chi connectivity index (χ2v) is 7.80. The first-order valence-electron chi connectivity index (χ1n) is 7.88. The lowest BCUT2D eigenvalue weighted by Crippen LogP contribution is -2.04. The molecule has 1 aliphatic rings. The molecule has 0 unspecified atom stereocenters. The maximum absolute atomic E-state index is 4.47. The molecule has 0 radical (unpaired) electrons. The van der Waals surface area contributed by atoms with Crippen molar-refractivity contribution in [1.29, 1.82) is 0 Å². The van der Waals surface area contributed by atoms with E-state index in [2.05, 4.69) is 49.4 Å². The summed E-state index contributed by atoms with van der Waals surface area (Å²) in [5, 5.41) is 12.1. The number of nitrogens with zero attached hydrogens (tertiary/aromatic N) is 4. The molecule has 0 saturated heterocycles. The molecule has 6 heteroatoms. The molecule has 1 aliphatic carbocycles. The van der Waals surface area contributed by atoms with E-state index >= 15 is 0 Å². The van der Waals surface area contributed by atoms with Crippen molar-refractivity contribution in [2.24, 2.45) is 0 Å². The summed E-state index contributed by atoms with van der Waals surface area (Å²) in [7, 11) is 0. The van der Waals surface area contributed by atoms with E-state index in [9.17, 15) is 0 Å². The lowest BCUT2D eigenvalue weighted by molar-refractivity contribution is 0.635. The van der Waals surface area contributed by atoms with Crippen molar-refractivity contribution in [3.63, 3.8) is 0 Å². The molecule has 1 fully saturated rings. The molecule has 4 nitrogen and oxygen atoms in total. The standard InChI is InChI=1S/C17H18N4S2/c1-2-15(22-10-1)12-16-19-20-17(21(16)14-3-4-14)23-11-7-13-5-8-18-9-6-13/h1-2,5-6,8-10,14H,3-4,7,11-12H2. The zero-order chi connectivity index (χ0) is 15.5. The van der Waals surface area contributed by atoms with Crippen LogP contribution in [-0.2, 0) is 12.8 Å². The quantitative estimate of drug-likeness (QED) is 0.609. The van der Waals surface area contributed by atoms with E-state index in [-0.39, 0.29) is 0 Å². The van der Waals surface area contributed by atoms with E-state index in [0.717, 1.165) is 29.6 Å². The van der Waals surface area contributed by atoms with Crippen molar-refractivity contribution in [1.82, 2.24) is 19.7 Å². The SMILES string of the molecule is c1csc(Cc2nnc(SCCc3ccncc3)n2C2CC2)c1. The predicted molar refractivity (Wildman–Crippen MR) is 94.1 cm³/mol. The first-order chi connectivity index (χ1) is 11.4. The van der Waals surface area contributed by atoms with Gasteiger partial charge in [0.1, 0.15) is 5.82 Å². The largest absolute Gasteiger partial charge is 0.303 e. The monoisotopic (exact) mass is 342 g/mol. The van der Waals surface area contributed by atoms with Crippen molar-refractivity contribution in [2.45, 2.75) is 36.9 Å². The summed E-state index contributed by atoms with van der Waals surface area (Å²) in [6.07, 6.45) is 8.15. The third-order valence-electron chi connectivity index (χ3n) is 3.93. The molecular weight excluding hydrogens is 324 g/mol. The fourth-order valence-electron chi connectivity index (χ4n) is 2.60. The van der Waals surface area contributed by atoms with Gasteiger partial charge in [-0.15, -0.1) is 21.5 Å². The molecule has 0 N–H and O–H groups in total. The van der Waals surface area contributed by atoms with E-state index in [1.807, 2.05) is 24.2 Å². The molecule has 0 amide bonds. The van der Waals surface area contributed by atoms with Crippen molar-refractivity contribution in [2.75, 3.05) is 5.75 Å². The fraction of sp³-hybridized carbons (Fsp3) is 0.353. The van der Waals surface area contributed by atoms with Crippen LogP contribution in [0.25, 0.3) is 0 Å². The molecule has 3 aromatic heterocycles. The zero-order valence-corrected chi connectivity index (χ0v) is 14.4. The van der Waals surface area contributed by atoms with Gasteiger partial charge in [-0.25, -0.2) is 0 Å². The van der Waals surface area contributed by atoms with E-state index in [1.54, 1.807) is 11.3 Å². The van der Waals surface area contributed by atoms with Crippen LogP contribution in [0.5, 0.6) is 0 Å². The first-order valence-corrected chi connectivity index (χ1v) is 9.74. The van der Waals surface area contributed by atoms with Gasteiger partial charge in [0.05, 0.1) is 0 Å². The minimum atomic E-state index is 0.614. The number of hydrogen-bond acceptors (Lipinski definition) is 5. The third-order valence-corrected chi connectivity index (χ3v) is 5.75. The Balaban J connectivity index is 1.44. The molecule has 0 bridgehead atoms. The molecule has 1 saturated carbocycles. The Morgan fingerprint density at radius 1 is 1.17 bits per heavy atom. The van der Waals surface area contributed by atoms with Crippen molar-refractivity contribution in [3.05, 3.63) is 58.3 Å². The molecule has 4 rings (SSSR count). The number of aromatic nitrogens is 4. The van der Waals surface area contributed by atoms with Crippen LogP contribution in [0.3, 0.4) is 0 Å². The number of thioether (sulfide) groups is 1. The molecule has 0 aromatic carbocycles. The Labute approximate surface area is 144 Å². The summed E-state index contributed by atoms with van der Waals surface area (Å²) < 4.78 is 2.37. The lowest BCUT2D eigenvalue weighted by atomic mass is 10.2. The molecule has 3 heterocycles. The van der Waals surface area contributed by atoms with Crippen LogP contribution in [0.1, 0.15) is 35.1 Å². The number of aryl methyl sites for hydroxylation is 1. The van der Waals surface area contributed by atoms with E-state index in [0.29, 0.717) is 6.04 Å². The minimum Gasteiger partial charge on any atom is -0.303 e. The van der Waals surface area contributed by atoms with E-state index in [4.69, 9.17) is 0 Å². The summed E-state index contributed by atoms with van der Waals surface area (Å²) in [4.78, 5) is 5.42. The number of rotatable bonds is 7. The number of thiophene rings is 1. The van der Waals surface area contributed by atoms with Gasteiger partial charge >= 0.3 is 0 Å². The molecule has 23 heavy (non-hydrogen) atoms. The van der Waals surface area contributed by atoms with Crippen molar-refractivity contribution >= 4 is 23.1 Å². The second-order valence-electron chi connectivity index (χ2n) is 5.71. The number of hydrogen-bond donors (Lipinski definition) is 0. The molecular formula is C17H18N4S2. The van der Waals surface area contributed by atoms with Gasteiger partial charge in [-0.2, -0.15) is 0 Å². The van der Waals surface area contributed by atoms with Gasteiger partial charge in [0.2, 0.25) is 0 Å². The minimum absolute atomic E-state index is 0.614. The van der Waals surface area contributed by atoms with Crippen LogP contribution < -0.4 is 0 Å². The van der Waals surface area contributed by atoms with Gasteiger partial charge in [-0.1, -0.05) is 17.8 Å². The highest BCUT2D eigenvalue weighted by Crippen LogP contribution is 2.39. The molecule has 0 spiro atoms. The van der Waals surface area contributed by atoms with Gasteiger partial charge in [-0.3, -0.25) is 4.98 Å². The lowest BCUT2D eigenvalue weighted by Gasteiger charge is -2.08. The van der Waals surface area contributed by atoms with Gasteiger partial charge in [0.25, 0.3) is 0 Å². The highest BCUT2D eigenvalue weighted by atomic mass is 32.2. The highest BCUT2D eigenvalue weighted by molar-refractivity contribution is 7.99. The highest BCUT2D eigenvalue weighted by Gasteiger charge is 2.29. The van der Waals surface area contributed by atoms with Crippen LogP contribution in [0, 0.1) is 0 Å². The van der Waals surface area contributed by atoms with E-state index in [1.165, 1.54) is 23.3 Å². The summed E-state index contributed by atoms with van der Waals surface area (Å²) in [5.74, 6) is 2.13. The Kier molecular flexibility index (Phi) is 4.43. The summed E-state index contributed by atoms with van der Waals surface area (Å²) >= 11 is 3.61. The first kappa shape index (κ1) is 14.9. The van der Waals surface area contributed by atoms with Gasteiger partial charge in [-0.05, 0) is 48.4 Å². The van der Waals surface area contributed by atoms with E-state index < -0.39 is 0 Å². The number of pyridine rings is 1. The third kappa shape index (κ3) is 3.64. The Hall–Kier alpha value is -1.66. The summed E-state index contributed by atoms with van der Waals surface area (Å²) in [6, 6.07) is 9.04. The van der Waals surface area contributed by atoms with Gasteiger partial charge in [0, 0.05) is 35.5 Å². The van der Waals surface area contributed by atoms with Gasteiger partial charge < -0.3 is 4.57 Å². The molecule has 3 aromatic rings. The zero-order valence-electron chi connectivity index (χ0n) is 12.8. The Morgan fingerprint density at radius 3 is 2.78 bits per heavy atom. The second kappa shape index (κ2) is 6.84. The van der Waals surface area contributed by atoms with Gasteiger partial charge in [0.15, 0.2) is 5.16 Å². The normalized spacial score (nSPS) is 14.3. The predicted octanol–water partition coefficient (Wildman–Crippen LogP) is 4.00. The topological polar surface area (TPSA) is 43.6 Å². The molecule has 118 valence electrons. The van der Waals surface area contributed by atoms with Crippen LogP contribution in [0.4, 0.5) is 0 Å². The molecule has 0 aliphatic heterocycles. The Bertz CT molecular complexity index is 748. The van der Waals surface area contributed by atoms with Crippen molar-refractivity contribution in [3.8, 4) is 0 Å². The van der Waals surface area contributed by atoms with Crippen LogP contribution in [0.2, 0.25) is 0 Å². The fourth-order valence-corrected chi connectivity index (χ4v) is 4.32. The smallest absolute Gasteiger partial charge is 0.191 e. The Morgan fingerprint density at radius 2 is 2.04 bits per heavy atom. The van der Waals surface area contributed by atoms with Crippen LogP contribution >= 0.6 is 23.1 Å². The summed E-state index contributed by atoms with van der Waals surface area (Å²) in [5.41, 5.74) is 1.32. The van der Waals surface area contributed by atoms with Crippen molar-refractivity contribution < 1.29 is 0 Å². The average molecular weight is 342 g/mol. The average Bonchev–Trinajstić information content (AvgIpc) is 3.13. The maximum Gasteiger partial charge on any atom is 0.191 e. The maximum atomic E-state index is 4.47. The van der Waals surface area contributed by atoms with Crippen LogP contribution in [-0.4, -0.2) is 25.5 Å². The summed E-state index contributed by atoms with van der Waals surface area (Å²) in [6.45, 7) is 0.